The fourth-order valence-electron chi connectivity index (χ4n) is 0.783. The number of nitrogens with two attached hydrogens (primary N) is 1. The van der Waals surface area contributed by atoms with Gasteiger partial charge in [-0.05, 0) is 0 Å². The van der Waals surface area contributed by atoms with E-state index in [1.165, 1.54) is 13.8 Å². The lowest BCUT2D eigenvalue weighted by Crippen LogP contribution is -2.43. The maximum atomic E-state index is 11.3. The maximum Gasteiger partial charge on any atom is 0.490 e. The smallest absolute Gasteiger partial charge is 0.475 e. The van der Waals surface area contributed by atoms with E-state index in [2.05, 4.69) is 5.32 Å². The highest BCUT2D eigenvalue weighted by Crippen LogP contribution is 2.13. The summed E-state index contributed by atoms with van der Waals surface area (Å²) in [6.45, 7) is 3.31. The Morgan fingerprint density at radius 1 is 1.13 bits per heavy atom. The van der Waals surface area contributed by atoms with Gasteiger partial charge in [0.15, 0.2) is 10.2 Å². The molecule has 0 unspecified atom stereocenters. The van der Waals surface area contributed by atoms with Crippen molar-refractivity contribution in [3.63, 3.8) is 0 Å². The summed E-state index contributed by atoms with van der Waals surface area (Å²) < 4.78 is 31.7. The largest absolute Gasteiger partial charge is 0.490 e. The molecular formula is C11H17F3N2O5S2. The average molecular weight is 378 g/mol. The van der Waals surface area contributed by atoms with Gasteiger partial charge in [-0.15, -0.1) is 0 Å². The van der Waals surface area contributed by atoms with Crippen LogP contribution in [-0.4, -0.2) is 57.5 Å². The zero-order valence-electron chi connectivity index (χ0n) is 12.3. The van der Waals surface area contributed by atoms with E-state index in [1.54, 1.807) is 0 Å². The molecule has 1 atom stereocenters. The van der Waals surface area contributed by atoms with Crippen LogP contribution in [0.15, 0.2) is 0 Å². The molecule has 0 aromatic carbocycles. The van der Waals surface area contributed by atoms with Gasteiger partial charge in [0, 0.05) is 31.9 Å². The number of carbonyl (C=O) groups is 4. The molecule has 0 radical (unpaired) electrons. The molecule has 23 heavy (non-hydrogen) atoms. The Kier molecular flexibility index (Phi) is 12.7. The second kappa shape index (κ2) is 12.2. The number of aliphatic carboxylic acids is 1. The molecule has 0 saturated heterocycles. The zero-order valence-corrected chi connectivity index (χ0v) is 13.9. The molecule has 134 valence electrons. The van der Waals surface area contributed by atoms with Gasteiger partial charge in [-0.1, -0.05) is 23.5 Å². The van der Waals surface area contributed by atoms with Crippen molar-refractivity contribution in [2.24, 2.45) is 5.73 Å². The molecular weight excluding hydrogens is 361 g/mol. The first kappa shape index (κ1) is 24.0. The second-order valence-electron chi connectivity index (χ2n) is 3.84. The Morgan fingerprint density at radius 2 is 1.57 bits per heavy atom. The van der Waals surface area contributed by atoms with E-state index < -0.39 is 18.2 Å². The number of thioether (sulfide) groups is 2. The third-order valence-electron chi connectivity index (χ3n) is 1.75. The number of hydrogen-bond donors (Lipinski definition) is 3. The molecule has 0 fully saturated rings. The molecule has 0 saturated carbocycles. The first-order chi connectivity index (χ1) is 10.4. The summed E-state index contributed by atoms with van der Waals surface area (Å²) in [5.41, 5.74) is 5.55. The summed E-state index contributed by atoms with van der Waals surface area (Å²) >= 11 is 2.18. The van der Waals surface area contributed by atoms with Gasteiger partial charge in [0.05, 0.1) is 6.04 Å². The van der Waals surface area contributed by atoms with Gasteiger partial charge < -0.3 is 16.2 Å². The Bertz CT molecular complexity index is 432. The van der Waals surface area contributed by atoms with Crippen molar-refractivity contribution in [3.05, 3.63) is 0 Å². The van der Waals surface area contributed by atoms with Gasteiger partial charge in [0.2, 0.25) is 5.91 Å². The molecule has 0 aliphatic rings. The average Bonchev–Trinajstić information content (AvgIpc) is 2.39. The third-order valence-corrected chi connectivity index (χ3v) is 3.50. The van der Waals surface area contributed by atoms with E-state index in [4.69, 9.17) is 15.6 Å². The number of nitrogens with one attached hydrogen (secondary N) is 1. The van der Waals surface area contributed by atoms with E-state index in [0.717, 1.165) is 23.5 Å². The molecule has 0 aromatic rings. The molecule has 0 bridgehead atoms. The SMILES string of the molecule is CC(=O)SCCNC(=O)[C@@H](N)CSC(C)=O.O=C(O)C(F)(F)F. The minimum absolute atomic E-state index is 0.0192. The number of amides is 1. The van der Waals surface area contributed by atoms with Crippen LogP contribution in [0.3, 0.4) is 0 Å². The number of halogens is 3. The van der Waals surface area contributed by atoms with Crippen molar-refractivity contribution < 1.29 is 37.5 Å². The highest BCUT2D eigenvalue weighted by molar-refractivity contribution is 8.13. The van der Waals surface area contributed by atoms with E-state index in [0.29, 0.717) is 12.3 Å². The minimum atomic E-state index is -5.08. The number of hydrogen-bond acceptors (Lipinski definition) is 7. The van der Waals surface area contributed by atoms with E-state index >= 15 is 0 Å². The number of carboxylic acids is 1. The van der Waals surface area contributed by atoms with Crippen molar-refractivity contribution in [2.75, 3.05) is 18.1 Å². The fourth-order valence-corrected chi connectivity index (χ4v) is 1.84. The minimum Gasteiger partial charge on any atom is -0.475 e. The Morgan fingerprint density at radius 3 is 1.91 bits per heavy atom. The number of carbonyl (C=O) groups excluding carboxylic acids is 3. The molecule has 0 aliphatic heterocycles. The molecule has 4 N–H and O–H groups in total. The quantitative estimate of drug-likeness (QED) is 0.574. The van der Waals surface area contributed by atoms with Crippen LogP contribution in [0.1, 0.15) is 13.8 Å². The van der Waals surface area contributed by atoms with E-state index in [9.17, 15) is 27.6 Å². The van der Waals surface area contributed by atoms with Gasteiger partial charge in [-0.25, -0.2) is 4.79 Å². The van der Waals surface area contributed by atoms with Gasteiger partial charge in [-0.2, -0.15) is 13.2 Å². The van der Waals surface area contributed by atoms with Gasteiger partial charge >= 0.3 is 12.1 Å². The Labute approximate surface area is 138 Å². The Balaban J connectivity index is 0. The number of rotatable bonds is 6. The van der Waals surface area contributed by atoms with Crippen molar-refractivity contribution in [1.29, 1.82) is 0 Å². The monoisotopic (exact) mass is 378 g/mol. The molecule has 0 rings (SSSR count). The van der Waals surface area contributed by atoms with E-state index in [1.807, 2.05) is 0 Å². The normalized spacial score (nSPS) is 11.7. The number of carboxylic acid groups (broad SMARTS) is 1. The molecule has 1 amide bonds. The molecule has 0 spiro atoms. The maximum absolute atomic E-state index is 11.3. The summed E-state index contributed by atoms with van der Waals surface area (Å²) in [4.78, 5) is 41.5. The third kappa shape index (κ3) is 16.9. The molecule has 0 heterocycles. The van der Waals surface area contributed by atoms with Crippen molar-refractivity contribution in [2.45, 2.75) is 26.1 Å². The topological polar surface area (TPSA) is 127 Å². The molecule has 0 aliphatic carbocycles. The summed E-state index contributed by atoms with van der Waals surface area (Å²) in [6, 6.07) is -0.684. The predicted molar refractivity (Wildman–Crippen MR) is 81.0 cm³/mol. The van der Waals surface area contributed by atoms with Crippen LogP contribution in [0, 0.1) is 0 Å². The highest BCUT2D eigenvalue weighted by Gasteiger charge is 2.38. The predicted octanol–water partition coefficient (Wildman–Crippen LogP) is 0.623. The van der Waals surface area contributed by atoms with Crippen molar-refractivity contribution >= 4 is 45.6 Å². The number of alkyl halides is 3. The van der Waals surface area contributed by atoms with Crippen LogP contribution >= 0.6 is 23.5 Å². The Hall–Kier alpha value is -1.27. The van der Waals surface area contributed by atoms with Crippen LogP contribution < -0.4 is 11.1 Å². The lowest BCUT2D eigenvalue weighted by atomic mass is 10.3. The van der Waals surface area contributed by atoms with Crippen LogP contribution in [-0.2, 0) is 19.2 Å². The van der Waals surface area contributed by atoms with Gasteiger partial charge in [0.1, 0.15) is 0 Å². The van der Waals surface area contributed by atoms with Gasteiger partial charge in [-0.3, -0.25) is 14.4 Å². The zero-order chi connectivity index (χ0) is 18.6. The second-order valence-corrected chi connectivity index (χ2v) is 6.31. The van der Waals surface area contributed by atoms with Crippen LogP contribution in [0.25, 0.3) is 0 Å². The molecule has 7 nitrogen and oxygen atoms in total. The summed E-state index contributed by atoms with van der Waals surface area (Å²) in [6.07, 6.45) is -5.08. The van der Waals surface area contributed by atoms with Gasteiger partial charge in [0.25, 0.3) is 0 Å². The van der Waals surface area contributed by atoms with Crippen molar-refractivity contribution in [3.8, 4) is 0 Å². The highest BCUT2D eigenvalue weighted by atomic mass is 32.2. The lowest BCUT2D eigenvalue weighted by Gasteiger charge is -2.10. The summed E-state index contributed by atoms with van der Waals surface area (Å²) in [5, 5.41) is 9.68. The summed E-state index contributed by atoms with van der Waals surface area (Å²) in [7, 11) is 0. The first-order valence-corrected chi connectivity index (χ1v) is 7.95. The van der Waals surface area contributed by atoms with Crippen LogP contribution in [0.4, 0.5) is 13.2 Å². The molecule has 12 heteroatoms. The standard InChI is InChI=1S/C9H16N2O3S2.C2HF3O2/c1-6(12)15-4-3-11-9(14)8(10)5-16-7(2)13;3-2(4,5)1(6)7/h8H,3-5,10H2,1-2H3,(H,11,14);(H,6,7)/t8-;/m0./s1. The lowest BCUT2D eigenvalue weighted by molar-refractivity contribution is -0.192. The first-order valence-electron chi connectivity index (χ1n) is 5.98. The van der Waals surface area contributed by atoms with Crippen LogP contribution in [0.2, 0.25) is 0 Å². The fraction of sp³-hybridized carbons (Fsp3) is 0.636. The molecule has 0 aromatic heterocycles. The van der Waals surface area contributed by atoms with Crippen LogP contribution in [0.5, 0.6) is 0 Å². The van der Waals surface area contributed by atoms with Crippen molar-refractivity contribution in [1.82, 2.24) is 5.32 Å². The van der Waals surface area contributed by atoms with E-state index in [-0.39, 0.29) is 21.9 Å². The summed E-state index contributed by atoms with van der Waals surface area (Å²) in [5.74, 6) is -2.24.